The quantitative estimate of drug-likeness (QED) is 0.409. The Kier molecular flexibility index (Phi) is 3.20. The van der Waals surface area contributed by atoms with Crippen LogP contribution in [0, 0.1) is 10.1 Å². The van der Waals surface area contributed by atoms with E-state index < -0.39 is 4.92 Å². The molecule has 3 aromatic carbocycles. The number of nitro groups is 1. The van der Waals surface area contributed by atoms with Crippen molar-refractivity contribution in [1.82, 2.24) is 0 Å². The number of hydrogen-bond donors (Lipinski definition) is 0. The molecule has 0 aliphatic carbocycles. The van der Waals surface area contributed by atoms with E-state index in [0.29, 0.717) is 11.1 Å². The molecule has 0 saturated heterocycles. The van der Waals surface area contributed by atoms with E-state index in [4.69, 9.17) is 0 Å². The van der Waals surface area contributed by atoms with Crippen molar-refractivity contribution in [3.8, 4) is 11.1 Å². The van der Waals surface area contributed by atoms with Crippen LogP contribution < -0.4 is 0 Å². The summed E-state index contributed by atoms with van der Waals surface area (Å²) in [5.41, 5.74) is 1.82. The molecule has 0 radical (unpaired) electrons. The zero-order chi connectivity index (χ0) is 14.8. The second-order valence-corrected chi connectivity index (χ2v) is 4.67. The lowest BCUT2D eigenvalue weighted by Crippen LogP contribution is -1.93. The van der Waals surface area contributed by atoms with Gasteiger partial charge in [-0.2, -0.15) is 0 Å². The van der Waals surface area contributed by atoms with Gasteiger partial charge in [0.25, 0.3) is 5.69 Å². The monoisotopic (exact) mass is 277 g/mol. The molecule has 0 spiro atoms. The van der Waals surface area contributed by atoms with Gasteiger partial charge in [-0.15, -0.1) is 0 Å². The van der Waals surface area contributed by atoms with Crippen molar-refractivity contribution >= 4 is 22.7 Å². The molecule has 0 aliphatic rings. The van der Waals surface area contributed by atoms with Crippen LogP contribution in [0.5, 0.6) is 0 Å². The first kappa shape index (κ1) is 13.0. The molecule has 0 saturated carbocycles. The number of rotatable bonds is 3. The minimum atomic E-state index is -0.455. The highest BCUT2D eigenvalue weighted by Crippen LogP contribution is 2.32. The van der Waals surface area contributed by atoms with Crippen molar-refractivity contribution in [3.63, 3.8) is 0 Å². The fraction of sp³-hybridized carbons (Fsp3) is 0. The Balaban J connectivity index is 2.34. The van der Waals surface area contributed by atoms with Crippen LogP contribution in [0.15, 0.2) is 60.7 Å². The third-order valence-electron chi connectivity index (χ3n) is 3.45. The molecule has 4 nitrogen and oxygen atoms in total. The normalized spacial score (nSPS) is 10.5. The van der Waals surface area contributed by atoms with Crippen LogP contribution in [0.1, 0.15) is 10.4 Å². The minimum Gasteiger partial charge on any atom is -0.298 e. The van der Waals surface area contributed by atoms with Crippen molar-refractivity contribution < 1.29 is 9.72 Å². The molecule has 4 heteroatoms. The number of carbonyl (C=O) groups excluding carboxylic acids is 1. The van der Waals surface area contributed by atoms with Gasteiger partial charge < -0.3 is 0 Å². The first-order valence-corrected chi connectivity index (χ1v) is 6.42. The van der Waals surface area contributed by atoms with Crippen molar-refractivity contribution in [2.45, 2.75) is 0 Å². The van der Waals surface area contributed by atoms with Gasteiger partial charge in [0.2, 0.25) is 0 Å². The van der Waals surface area contributed by atoms with Crippen molar-refractivity contribution in [2.75, 3.05) is 0 Å². The van der Waals surface area contributed by atoms with Gasteiger partial charge in [0.1, 0.15) is 0 Å². The van der Waals surface area contributed by atoms with Crippen LogP contribution in [0.25, 0.3) is 21.9 Å². The van der Waals surface area contributed by atoms with Crippen LogP contribution in [-0.2, 0) is 0 Å². The molecule has 0 atom stereocenters. The van der Waals surface area contributed by atoms with E-state index in [1.807, 2.05) is 42.5 Å². The molecule has 21 heavy (non-hydrogen) atoms. The number of hydrogen-bond acceptors (Lipinski definition) is 3. The average Bonchev–Trinajstić information content (AvgIpc) is 2.53. The maximum absolute atomic E-state index is 11.2. The van der Waals surface area contributed by atoms with E-state index in [1.165, 1.54) is 18.2 Å². The Morgan fingerprint density at radius 3 is 2.43 bits per heavy atom. The van der Waals surface area contributed by atoms with Gasteiger partial charge >= 0.3 is 0 Å². The van der Waals surface area contributed by atoms with E-state index in [9.17, 15) is 14.9 Å². The fourth-order valence-electron chi connectivity index (χ4n) is 2.45. The highest BCUT2D eigenvalue weighted by molar-refractivity contribution is 6.01. The Morgan fingerprint density at radius 2 is 1.67 bits per heavy atom. The van der Waals surface area contributed by atoms with Crippen LogP contribution in [0.4, 0.5) is 5.69 Å². The van der Waals surface area contributed by atoms with Crippen LogP contribution in [0.3, 0.4) is 0 Å². The molecule has 0 aliphatic heterocycles. The molecule has 0 N–H and O–H groups in total. The van der Waals surface area contributed by atoms with Crippen LogP contribution >= 0.6 is 0 Å². The third-order valence-corrected chi connectivity index (χ3v) is 3.45. The Hall–Kier alpha value is -3.01. The van der Waals surface area contributed by atoms with E-state index in [2.05, 4.69) is 0 Å². The third kappa shape index (κ3) is 2.27. The number of carbonyl (C=O) groups is 1. The van der Waals surface area contributed by atoms with Crippen molar-refractivity contribution in [2.24, 2.45) is 0 Å². The summed E-state index contributed by atoms with van der Waals surface area (Å²) in [5, 5.41) is 13.0. The lowest BCUT2D eigenvalue weighted by Gasteiger charge is -2.09. The Morgan fingerprint density at radius 1 is 0.905 bits per heavy atom. The van der Waals surface area contributed by atoms with Crippen molar-refractivity contribution in [3.05, 3.63) is 76.3 Å². The topological polar surface area (TPSA) is 60.2 Å². The van der Waals surface area contributed by atoms with Crippen LogP contribution in [-0.4, -0.2) is 11.2 Å². The lowest BCUT2D eigenvalue weighted by molar-refractivity contribution is -0.384. The summed E-state index contributed by atoms with van der Waals surface area (Å²) in [7, 11) is 0. The van der Waals surface area contributed by atoms with E-state index in [1.54, 1.807) is 0 Å². The molecule has 3 aromatic rings. The summed E-state index contributed by atoms with van der Waals surface area (Å²) in [6.45, 7) is 0. The van der Waals surface area contributed by atoms with Gasteiger partial charge in [-0.1, -0.05) is 42.5 Å². The maximum atomic E-state index is 11.2. The smallest absolute Gasteiger partial charge is 0.270 e. The van der Waals surface area contributed by atoms with Gasteiger partial charge in [0, 0.05) is 17.7 Å². The highest BCUT2D eigenvalue weighted by Gasteiger charge is 2.13. The number of fused-ring (bicyclic) bond motifs is 1. The predicted molar refractivity (Wildman–Crippen MR) is 81.4 cm³/mol. The zero-order valence-electron chi connectivity index (χ0n) is 11.0. The second kappa shape index (κ2) is 5.17. The summed E-state index contributed by atoms with van der Waals surface area (Å²) in [4.78, 5) is 21.8. The van der Waals surface area contributed by atoms with Gasteiger partial charge in [0.15, 0.2) is 6.29 Å². The standard InChI is InChI=1S/C17H11NO3/c19-11-13-8-9-14(18(20)21)10-17(13)16-7-3-5-12-4-1-2-6-15(12)16/h1-11H. The Labute approximate surface area is 120 Å². The maximum Gasteiger partial charge on any atom is 0.270 e. The summed E-state index contributed by atoms with van der Waals surface area (Å²) < 4.78 is 0. The molecule has 0 bridgehead atoms. The van der Waals surface area contributed by atoms with Crippen molar-refractivity contribution in [1.29, 1.82) is 0 Å². The molecule has 0 aromatic heterocycles. The molecular weight excluding hydrogens is 266 g/mol. The second-order valence-electron chi connectivity index (χ2n) is 4.67. The van der Waals surface area contributed by atoms with E-state index in [0.717, 1.165) is 22.6 Å². The number of nitro benzene ring substituents is 1. The van der Waals surface area contributed by atoms with Gasteiger partial charge in [0.05, 0.1) is 4.92 Å². The first-order chi connectivity index (χ1) is 10.2. The molecular formula is C17H11NO3. The van der Waals surface area contributed by atoms with Crippen LogP contribution in [0.2, 0.25) is 0 Å². The molecule has 0 fully saturated rings. The summed E-state index contributed by atoms with van der Waals surface area (Å²) in [6, 6.07) is 17.8. The number of aldehydes is 1. The van der Waals surface area contributed by atoms with E-state index in [-0.39, 0.29) is 5.69 Å². The van der Waals surface area contributed by atoms with Gasteiger partial charge in [-0.05, 0) is 28.0 Å². The predicted octanol–water partition coefficient (Wildman–Crippen LogP) is 4.23. The molecule has 3 rings (SSSR count). The Bertz CT molecular complexity index is 850. The van der Waals surface area contributed by atoms with Gasteiger partial charge in [-0.3, -0.25) is 14.9 Å². The van der Waals surface area contributed by atoms with E-state index >= 15 is 0 Å². The minimum absolute atomic E-state index is 0.0245. The highest BCUT2D eigenvalue weighted by atomic mass is 16.6. The summed E-state index contributed by atoms with van der Waals surface area (Å²) in [6.07, 6.45) is 0.723. The largest absolute Gasteiger partial charge is 0.298 e. The zero-order valence-corrected chi connectivity index (χ0v) is 11.0. The summed E-state index contributed by atoms with van der Waals surface area (Å²) in [5.74, 6) is 0. The fourth-order valence-corrected chi connectivity index (χ4v) is 2.45. The number of nitrogens with zero attached hydrogens (tertiary/aromatic N) is 1. The molecule has 0 unspecified atom stereocenters. The number of non-ortho nitro benzene ring substituents is 1. The first-order valence-electron chi connectivity index (χ1n) is 6.42. The summed E-state index contributed by atoms with van der Waals surface area (Å²) >= 11 is 0. The van der Waals surface area contributed by atoms with Gasteiger partial charge in [-0.25, -0.2) is 0 Å². The molecule has 102 valence electrons. The molecule has 0 heterocycles. The average molecular weight is 277 g/mol. The lowest BCUT2D eigenvalue weighted by atomic mass is 9.94. The number of benzene rings is 3. The molecule has 0 amide bonds. The SMILES string of the molecule is O=Cc1ccc([N+](=O)[O-])cc1-c1cccc2ccccc12.